The summed E-state index contributed by atoms with van der Waals surface area (Å²) in [4.78, 5) is 0. The van der Waals surface area contributed by atoms with Crippen LogP contribution in [0.4, 0.5) is 0 Å². The van der Waals surface area contributed by atoms with E-state index in [4.69, 9.17) is 0 Å². The maximum Gasteiger partial charge on any atom is 0.119 e. The van der Waals surface area contributed by atoms with Crippen LogP contribution in [-0.2, 0) is 6.42 Å². The summed E-state index contributed by atoms with van der Waals surface area (Å²) < 4.78 is 0. The van der Waals surface area contributed by atoms with Crippen molar-refractivity contribution in [2.45, 2.75) is 20.3 Å². The van der Waals surface area contributed by atoms with Crippen molar-refractivity contribution in [3.8, 4) is 11.5 Å². The summed E-state index contributed by atoms with van der Waals surface area (Å²) in [5.41, 5.74) is 1.95. The molecule has 0 bridgehead atoms. The molecule has 0 radical (unpaired) electrons. The fraction of sp³-hybridized carbons (Fsp3) is 0.273. The average molecular weight is 178 g/mol. The van der Waals surface area contributed by atoms with Gasteiger partial charge in [-0.1, -0.05) is 11.6 Å². The molecule has 0 spiro atoms. The summed E-state index contributed by atoms with van der Waals surface area (Å²) in [5.74, 6) is 0.422. The summed E-state index contributed by atoms with van der Waals surface area (Å²) in [6, 6.07) is 4.56. The lowest BCUT2D eigenvalue weighted by Gasteiger charge is -2.02. The van der Waals surface area contributed by atoms with Crippen LogP contribution in [0.25, 0.3) is 0 Å². The summed E-state index contributed by atoms with van der Waals surface area (Å²) in [6.45, 7) is 4.00. The minimum Gasteiger partial charge on any atom is -0.508 e. The van der Waals surface area contributed by atoms with E-state index in [2.05, 4.69) is 0 Å². The largest absolute Gasteiger partial charge is 0.508 e. The Hall–Kier alpha value is -1.44. The van der Waals surface area contributed by atoms with E-state index < -0.39 is 0 Å². The van der Waals surface area contributed by atoms with Crippen LogP contribution in [0.2, 0.25) is 0 Å². The third-order valence-corrected chi connectivity index (χ3v) is 1.79. The lowest BCUT2D eigenvalue weighted by molar-refractivity contribution is 0.455. The Labute approximate surface area is 78.2 Å². The van der Waals surface area contributed by atoms with E-state index in [1.54, 1.807) is 6.07 Å². The van der Waals surface area contributed by atoms with Gasteiger partial charge in [-0.25, -0.2) is 0 Å². The quantitative estimate of drug-likeness (QED) is 0.540. The molecule has 1 aromatic carbocycles. The van der Waals surface area contributed by atoms with Crippen molar-refractivity contribution in [3.63, 3.8) is 0 Å². The second-order valence-electron chi connectivity index (χ2n) is 3.30. The third kappa shape index (κ3) is 2.82. The first kappa shape index (κ1) is 9.65. The van der Waals surface area contributed by atoms with E-state index in [-0.39, 0.29) is 11.5 Å². The Balaban J connectivity index is 2.87. The van der Waals surface area contributed by atoms with Crippen molar-refractivity contribution in [2.24, 2.45) is 0 Å². The zero-order valence-electron chi connectivity index (χ0n) is 7.91. The Bertz CT molecular complexity index is 323. The van der Waals surface area contributed by atoms with Crippen molar-refractivity contribution in [2.75, 3.05) is 0 Å². The van der Waals surface area contributed by atoms with Gasteiger partial charge in [-0.05, 0) is 38.5 Å². The van der Waals surface area contributed by atoms with Crippen LogP contribution in [0, 0.1) is 0 Å². The molecule has 0 fully saturated rings. The number of hydrogen-bond acceptors (Lipinski definition) is 2. The lowest BCUT2D eigenvalue weighted by atomic mass is 10.1. The standard InChI is InChI=1S/C11H14O2/c1-8(2)3-4-9-7-10(12)5-6-11(9)13/h3,5-7,12-13H,4H2,1-2H3. The topological polar surface area (TPSA) is 40.5 Å². The molecule has 1 rings (SSSR count). The molecule has 1 aromatic rings. The minimum absolute atomic E-state index is 0.190. The fourth-order valence-corrected chi connectivity index (χ4v) is 1.05. The molecule has 0 aliphatic carbocycles. The van der Waals surface area contributed by atoms with E-state index in [1.165, 1.54) is 17.7 Å². The summed E-state index contributed by atoms with van der Waals surface area (Å²) in [7, 11) is 0. The van der Waals surface area contributed by atoms with E-state index in [0.717, 1.165) is 5.56 Å². The Morgan fingerprint density at radius 3 is 2.62 bits per heavy atom. The molecule has 2 heteroatoms. The van der Waals surface area contributed by atoms with Gasteiger partial charge in [0.2, 0.25) is 0 Å². The lowest BCUT2D eigenvalue weighted by Crippen LogP contribution is -1.82. The van der Waals surface area contributed by atoms with Crippen molar-refractivity contribution in [1.29, 1.82) is 0 Å². The first-order chi connectivity index (χ1) is 6.09. The van der Waals surface area contributed by atoms with Gasteiger partial charge in [0.25, 0.3) is 0 Å². The minimum atomic E-state index is 0.190. The van der Waals surface area contributed by atoms with Crippen molar-refractivity contribution in [3.05, 3.63) is 35.4 Å². The molecule has 13 heavy (non-hydrogen) atoms. The molecule has 2 N–H and O–H groups in total. The second-order valence-corrected chi connectivity index (χ2v) is 3.30. The molecule has 0 amide bonds. The van der Waals surface area contributed by atoms with E-state index >= 15 is 0 Å². The van der Waals surface area contributed by atoms with Crippen LogP contribution >= 0.6 is 0 Å². The number of allylic oxidation sites excluding steroid dienone is 2. The highest BCUT2D eigenvalue weighted by Gasteiger charge is 1.99. The Kier molecular flexibility index (Phi) is 2.96. The number of aromatic hydroxyl groups is 2. The Morgan fingerprint density at radius 1 is 1.31 bits per heavy atom. The molecular weight excluding hydrogens is 164 g/mol. The van der Waals surface area contributed by atoms with Gasteiger partial charge in [-0.2, -0.15) is 0 Å². The van der Waals surface area contributed by atoms with E-state index in [1.807, 2.05) is 19.9 Å². The van der Waals surface area contributed by atoms with Gasteiger partial charge in [-0.3, -0.25) is 0 Å². The Morgan fingerprint density at radius 2 is 2.00 bits per heavy atom. The molecule has 0 heterocycles. The van der Waals surface area contributed by atoms with Gasteiger partial charge >= 0.3 is 0 Å². The van der Waals surface area contributed by atoms with Gasteiger partial charge in [0.05, 0.1) is 0 Å². The van der Waals surface area contributed by atoms with Gasteiger partial charge in [0.1, 0.15) is 11.5 Å². The maximum atomic E-state index is 9.41. The zero-order chi connectivity index (χ0) is 9.84. The predicted octanol–water partition coefficient (Wildman–Crippen LogP) is 2.61. The van der Waals surface area contributed by atoms with Crippen LogP contribution in [0.1, 0.15) is 19.4 Å². The molecule has 0 unspecified atom stereocenters. The highest BCUT2D eigenvalue weighted by atomic mass is 16.3. The molecule has 0 atom stereocenters. The fourth-order valence-electron chi connectivity index (χ4n) is 1.05. The zero-order valence-corrected chi connectivity index (χ0v) is 7.91. The number of hydrogen-bond donors (Lipinski definition) is 2. The molecule has 0 saturated carbocycles. The van der Waals surface area contributed by atoms with Crippen LogP contribution < -0.4 is 0 Å². The van der Waals surface area contributed by atoms with Gasteiger partial charge in [0.15, 0.2) is 0 Å². The molecule has 2 nitrogen and oxygen atoms in total. The monoisotopic (exact) mass is 178 g/mol. The van der Waals surface area contributed by atoms with Crippen molar-refractivity contribution < 1.29 is 10.2 Å². The molecule has 0 aliphatic rings. The van der Waals surface area contributed by atoms with Gasteiger partial charge in [0, 0.05) is 5.56 Å². The summed E-state index contributed by atoms with van der Waals surface area (Å²) in [6.07, 6.45) is 2.66. The smallest absolute Gasteiger partial charge is 0.119 e. The van der Waals surface area contributed by atoms with Crippen LogP contribution in [0.15, 0.2) is 29.8 Å². The number of phenolic OH excluding ortho intramolecular Hbond substituents is 2. The molecule has 0 aromatic heterocycles. The first-order valence-corrected chi connectivity index (χ1v) is 4.24. The second kappa shape index (κ2) is 3.99. The van der Waals surface area contributed by atoms with Crippen LogP contribution in [0.3, 0.4) is 0 Å². The van der Waals surface area contributed by atoms with E-state index in [9.17, 15) is 10.2 Å². The normalized spacial score (nSPS) is 9.69. The van der Waals surface area contributed by atoms with Crippen LogP contribution in [-0.4, -0.2) is 10.2 Å². The molecule has 0 aliphatic heterocycles. The highest BCUT2D eigenvalue weighted by Crippen LogP contribution is 2.22. The van der Waals surface area contributed by atoms with Crippen molar-refractivity contribution >= 4 is 0 Å². The van der Waals surface area contributed by atoms with Gasteiger partial charge in [-0.15, -0.1) is 0 Å². The summed E-state index contributed by atoms with van der Waals surface area (Å²) in [5, 5.41) is 18.6. The predicted molar refractivity (Wildman–Crippen MR) is 52.9 cm³/mol. The number of rotatable bonds is 2. The number of benzene rings is 1. The highest BCUT2D eigenvalue weighted by molar-refractivity contribution is 5.39. The van der Waals surface area contributed by atoms with Crippen molar-refractivity contribution in [1.82, 2.24) is 0 Å². The third-order valence-electron chi connectivity index (χ3n) is 1.79. The first-order valence-electron chi connectivity index (χ1n) is 4.24. The summed E-state index contributed by atoms with van der Waals surface area (Å²) >= 11 is 0. The van der Waals surface area contributed by atoms with Gasteiger partial charge < -0.3 is 10.2 Å². The average Bonchev–Trinajstić information content (AvgIpc) is 2.06. The van der Waals surface area contributed by atoms with Crippen LogP contribution in [0.5, 0.6) is 11.5 Å². The SMILES string of the molecule is CC(C)=CCc1cc(O)ccc1O. The number of phenols is 2. The molecule has 70 valence electrons. The molecular formula is C11H14O2. The maximum absolute atomic E-state index is 9.41. The molecule has 0 saturated heterocycles. The van der Waals surface area contributed by atoms with E-state index in [0.29, 0.717) is 6.42 Å².